The predicted molar refractivity (Wildman–Crippen MR) is 123 cm³/mol. The minimum atomic E-state index is -0.290. The summed E-state index contributed by atoms with van der Waals surface area (Å²) in [5.74, 6) is 0.958. The van der Waals surface area contributed by atoms with Crippen molar-refractivity contribution in [2.45, 2.75) is 34.1 Å². The van der Waals surface area contributed by atoms with E-state index in [0.717, 1.165) is 30.6 Å². The Hall–Kier alpha value is -3.08. The maximum Gasteiger partial charge on any atom is 0.282 e. The number of piperidine rings is 1. The first kappa shape index (κ1) is 21.2. The number of aryl methyl sites for hydroxylation is 2. The van der Waals surface area contributed by atoms with E-state index in [4.69, 9.17) is 4.74 Å². The molecule has 0 saturated carbocycles. The number of carbonyl (C=O) groups is 2. The van der Waals surface area contributed by atoms with Gasteiger partial charge in [-0.15, -0.1) is 0 Å². The van der Waals surface area contributed by atoms with Gasteiger partial charge in [-0.05, 0) is 49.8 Å². The molecule has 0 bridgehead atoms. The molecule has 1 fully saturated rings. The third kappa shape index (κ3) is 3.73. The molecule has 2 unspecified atom stereocenters. The Kier molecular flexibility index (Phi) is 5.61. The van der Waals surface area contributed by atoms with Crippen LogP contribution in [0.15, 0.2) is 48.2 Å². The average molecular weight is 419 g/mol. The van der Waals surface area contributed by atoms with Crippen LogP contribution in [-0.4, -0.2) is 36.9 Å². The van der Waals surface area contributed by atoms with Gasteiger partial charge in [-0.1, -0.05) is 49.7 Å². The Morgan fingerprint density at radius 1 is 0.935 bits per heavy atom. The van der Waals surface area contributed by atoms with Crippen molar-refractivity contribution < 1.29 is 14.3 Å². The van der Waals surface area contributed by atoms with Crippen molar-refractivity contribution in [3.8, 4) is 5.75 Å². The molecule has 5 heteroatoms. The molecular weight excluding hydrogens is 388 g/mol. The van der Waals surface area contributed by atoms with Gasteiger partial charge in [0.1, 0.15) is 11.4 Å². The minimum absolute atomic E-state index is 0.251. The van der Waals surface area contributed by atoms with Gasteiger partial charge in [-0.25, -0.2) is 4.90 Å². The van der Waals surface area contributed by atoms with E-state index >= 15 is 0 Å². The summed E-state index contributed by atoms with van der Waals surface area (Å²) in [5, 5.41) is 0. The second-order valence-electron chi connectivity index (χ2n) is 9.01. The number of imide groups is 1. The number of methoxy groups -OCH3 is 1. The lowest BCUT2D eigenvalue weighted by Gasteiger charge is -2.37. The normalized spacial score (nSPS) is 21.8. The van der Waals surface area contributed by atoms with Crippen LogP contribution in [0.1, 0.15) is 37.0 Å². The number of carbonyl (C=O) groups excluding carboxylic acids is 2. The first-order chi connectivity index (χ1) is 14.8. The molecular formula is C26H30N2O3. The van der Waals surface area contributed by atoms with Gasteiger partial charge >= 0.3 is 0 Å². The summed E-state index contributed by atoms with van der Waals surface area (Å²) in [5.41, 5.74) is 4.23. The fourth-order valence-electron chi connectivity index (χ4n) is 5.03. The van der Waals surface area contributed by atoms with Gasteiger partial charge in [-0.2, -0.15) is 0 Å². The molecule has 31 heavy (non-hydrogen) atoms. The summed E-state index contributed by atoms with van der Waals surface area (Å²) in [6, 6.07) is 13.2. The van der Waals surface area contributed by atoms with E-state index in [1.807, 2.05) is 56.3 Å². The molecule has 162 valence electrons. The van der Waals surface area contributed by atoms with E-state index in [1.165, 1.54) is 4.90 Å². The van der Waals surface area contributed by atoms with Gasteiger partial charge in [0.05, 0.1) is 18.4 Å². The molecule has 0 aromatic heterocycles. The van der Waals surface area contributed by atoms with E-state index in [0.29, 0.717) is 40.1 Å². The van der Waals surface area contributed by atoms with E-state index in [2.05, 4.69) is 18.7 Å². The Morgan fingerprint density at radius 3 is 2.26 bits per heavy atom. The van der Waals surface area contributed by atoms with Crippen LogP contribution in [0.2, 0.25) is 0 Å². The van der Waals surface area contributed by atoms with Crippen molar-refractivity contribution in [2.24, 2.45) is 11.8 Å². The van der Waals surface area contributed by atoms with Crippen LogP contribution in [0.25, 0.3) is 5.57 Å². The van der Waals surface area contributed by atoms with Crippen LogP contribution < -0.4 is 9.64 Å². The fourth-order valence-corrected chi connectivity index (χ4v) is 5.03. The molecule has 0 N–H and O–H groups in total. The molecule has 0 spiro atoms. The van der Waals surface area contributed by atoms with Gasteiger partial charge in [0.15, 0.2) is 0 Å². The van der Waals surface area contributed by atoms with E-state index in [1.54, 1.807) is 7.11 Å². The van der Waals surface area contributed by atoms with Crippen LogP contribution in [-0.2, 0) is 9.59 Å². The number of amides is 2. The summed E-state index contributed by atoms with van der Waals surface area (Å²) < 4.78 is 5.56. The maximum absolute atomic E-state index is 13.8. The van der Waals surface area contributed by atoms with Crippen LogP contribution in [0.4, 0.5) is 5.69 Å². The second kappa shape index (κ2) is 8.22. The van der Waals surface area contributed by atoms with Crippen molar-refractivity contribution in [3.05, 3.63) is 64.9 Å². The number of ether oxygens (including phenoxy) is 1. The number of hydrogen-bond donors (Lipinski definition) is 0. The van der Waals surface area contributed by atoms with Crippen molar-refractivity contribution in [3.63, 3.8) is 0 Å². The Balaban J connectivity index is 1.89. The lowest BCUT2D eigenvalue weighted by molar-refractivity contribution is -0.120. The molecule has 4 rings (SSSR count). The summed E-state index contributed by atoms with van der Waals surface area (Å²) >= 11 is 0. The van der Waals surface area contributed by atoms with Gasteiger partial charge in [0.25, 0.3) is 11.8 Å². The molecule has 0 radical (unpaired) electrons. The van der Waals surface area contributed by atoms with E-state index < -0.39 is 0 Å². The van der Waals surface area contributed by atoms with Gasteiger partial charge in [0.2, 0.25) is 0 Å². The summed E-state index contributed by atoms with van der Waals surface area (Å²) in [6.07, 6.45) is 1.12. The average Bonchev–Trinajstić information content (AvgIpc) is 2.97. The summed E-state index contributed by atoms with van der Waals surface area (Å²) in [6.45, 7) is 9.87. The zero-order valence-corrected chi connectivity index (χ0v) is 18.9. The Labute approximate surface area is 184 Å². The van der Waals surface area contributed by atoms with Crippen LogP contribution >= 0.6 is 0 Å². The minimum Gasteiger partial charge on any atom is -0.496 e. The lowest BCUT2D eigenvalue weighted by Crippen LogP contribution is -2.42. The molecule has 2 aromatic carbocycles. The molecule has 0 aliphatic carbocycles. The first-order valence-corrected chi connectivity index (χ1v) is 10.9. The van der Waals surface area contributed by atoms with Crippen LogP contribution in [0, 0.1) is 25.7 Å². The van der Waals surface area contributed by atoms with E-state index in [-0.39, 0.29) is 11.8 Å². The van der Waals surface area contributed by atoms with Crippen molar-refractivity contribution in [1.29, 1.82) is 0 Å². The number of hydrogen-bond acceptors (Lipinski definition) is 4. The molecule has 2 aliphatic heterocycles. The molecule has 2 atom stereocenters. The van der Waals surface area contributed by atoms with Crippen molar-refractivity contribution >= 4 is 23.1 Å². The largest absolute Gasteiger partial charge is 0.496 e. The van der Waals surface area contributed by atoms with Gasteiger partial charge < -0.3 is 9.64 Å². The lowest BCUT2D eigenvalue weighted by atomic mass is 9.91. The zero-order chi connectivity index (χ0) is 22.3. The highest BCUT2D eigenvalue weighted by Gasteiger charge is 2.44. The highest BCUT2D eigenvalue weighted by molar-refractivity contribution is 6.45. The van der Waals surface area contributed by atoms with Crippen LogP contribution in [0.5, 0.6) is 5.75 Å². The number of nitrogens with zero attached hydrogens (tertiary/aromatic N) is 2. The third-order valence-electron chi connectivity index (χ3n) is 6.21. The molecule has 2 amide bonds. The fraction of sp³-hybridized carbons (Fsp3) is 0.385. The topological polar surface area (TPSA) is 49.9 Å². The summed E-state index contributed by atoms with van der Waals surface area (Å²) in [4.78, 5) is 31.1. The van der Waals surface area contributed by atoms with E-state index in [9.17, 15) is 9.59 Å². The van der Waals surface area contributed by atoms with Crippen LogP contribution in [0.3, 0.4) is 0 Å². The smallest absolute Gasteiger partial charge is 0.282 e. The maximum atomic E-state index is 13.8. The molecule has 1 saturated heterocycles. The molecule has 2 aliphatic rings. The Morgan fingerprint density at radius 2 is 1.61 bits per heavy atom. The number of benzene rings is 2. The molecule has 2 aromatic rings. The zero-order valence-electron chi connectivity index (χ0n) is 18.9. The van der Waals surface area contributed by atoms with Gasteiger partial charge in [-0.3, -0.25) is 9.59 Å². The number of rotatable bonds is 4. The number of likely N-dealkylation sites (tertiary alicyclic amines) is 1. The quantitative estimate of drug-likeness (QED) is 0.683. The number of para-hydroxylation sites is 1. The van der Waals surface area contributed by atoms with Crippen molar-refractivity contribution in [1.82, 2.24) is 4.90 Å². The van der Waals surface area contributed by atoms with Gasteiger partial charge in [0, 0.05) is 18.7 Å². The highest BCUT2D eigenvalue weighted by Crippen LogP contribution is 2.40. The monoisotopic (exact) mass is 418 g/mol. The Bertz CT molecular complexity index is 1060. The number of anilines is 1. The standard InChI is InChI=1S/C26H30N2O3/c1-16-10-11-21(19(4)13-16)28-25(29)23(20-8-6-7-9-22(20)31-5)24(26(28)30)27-14-17(2)12-18(3)15-27/h6-11,13,17-18H,12,14-15H2,1-5H3. The third-order valence-corrected chi connectivity index (χ3v) is 6.21. The highest BCUT2D eigenvalue weighted by atomic mass is 16.5. The van der Waals surface area contributed by atoms with Crippen molar-refractivity contribution in [2.75, 3.05) is 25.1 Å². The first-order valence-electron chi connectivity index (χ1n) is 10.9. The molecule has 2 heterocycles. The second-order valence-corrected chi connectivity index (χ2v) is 9.01. The predicted octanol–water partition coefficient (Wildman–Crippen LogP) is 4.57. The SMILES string of the molecule is COc1ccccc1C1=C(N2CC(C)CC(C)C2)C(=O)N(c2ccc(C)cc2C)C1=O. The molecule has 5 nitrogen and oxygen atoms in total. The summed E-state index contributed by atoms with van der Waals surface area (Å²) in [7, 11) is 1.59.